The Kier molecular flexibility index (Phi) is 3.57. The average molecular weight is 249 g/mol. The van der Waals surface area contributed by atoms with Crippen molar-refractivity contribution >= 4 is 11.6 Å². The number of methoxy groups -OCH3 is 1. The SMILES string of the molecule is COC1(CC(=O)N(C)c2ccc(O)cc2)CCC1. The van der Waals surface area contributed by atoms with Gasteiger partial charge >= 0.3 is 0 Å². The van der Waals surface area contributed by atoms with E-state index < -0.39 is 0 Å². The van der Waals surface area contributed by atoms with Crippen LogP contribution in [0.5, 0.6) is 5.75 Å². The second-order valence-corrected chi connectivity index (χ2v) is 4.89. The predicted molar refractivity (Wildman–Crippen MR) is 69.7 cm³/mol. The second kappa shape index (κ2) is 4.98. The van der Waals surface area contributed by atoms with Crippen LogP contribution in [0.2, 0.25) is 0 Å². The first-order chi connectivity index (χ1) is 8.56. The third kappa shape index (κ3) is 2.48. The fourth-order valence-electron chi connectivity index (χ4n) is 2.24. The van der Waals surface area contributed by atoms with E-state index in [9.17, 15) is 9.90 Å². The summed E-state index contributed by atoms with van der Waals surface area (Å²) in [7, 11) is 3.42. The molecule has 1 N–H and O–H groups in total. The lowest BCUT2D eigenvalue weighted by Gasteiger charge is -2.40. The molecule has 1 aliphatic rings. The Morgan fingerprint density at radius 1 is 1.39 bits per heavy atom. The van der Waals surface area contributed by atoms with Crippen molar-refractivity contribution in [2.24, 2.45) is 0 Å². The maximum absolute atomic E-state index is 12.2. The summed E-state index contributed by atoms with van der Waals surface area (Å²) in [5.74, 6) is 0.245. The van der Waals surface area contributed by atoms with Crippen LogP contribution in [0, 0.1) is 0 Å². The number of aromatic hydroxyl groups is 1. The van der Waals surface area contributed by atoms with Crippen molar-refractivity contribution in [1.29, 1.82) is 0 Å². The number of hydrogen-bond acceptors (Lipinski definition) is 3. The first kappa shape index (κ1) is 12.9. The van der Waals surface area contributed by atoms with E-state index in [1.165, 1.54) is 0 Å². The molecule has 1 saturated carbocycles. The monoisotopic (exact) mass is 249 g/mol. The smallest absolute Gasteiger partial charge is 0.229 e. The third-order valence-electron chi connectivity index (χ3n) is 3.78. The molecule has 0 aliphatic heterocycles. The zero-order valence-electron chi connectivity index (χ0n) is 10.8. The molecule has 4 nitrogen and oxygen atoms in total. The number of rotatable bonds is 4. The molecule has 0 atom stereocenters. The second-order valence-electron chi connectivity index (χ2n) is 4.89. The first-order valence-electron chi connectivity index (χ1n) is 6.17. The van der Waals surface area contributed by atoms with Crippen molar-refractivity contribution in [3.8, 4) is 5.75 Å². The molecule has 0 aromatic heterocycles. The van der Waals surface area contributed by atoms with Gasteiger partial charge < -0.3 is 14.7 Å². The van der Waals surface area contributed by atoms with Crippen molar-refractivity contribution in [3.05, 3.63) is 24.3 Å². The lowest BCUT2D eigenvalue weighted by molar-refractivity contribution is -0.131. The summed E-state index contributed by atoms with van der Waals surface area (Å²) in [5, 5.41) is 9.23. The lowest BCUT2D eigenvalue weighted by Crippen LogP contribution is -2.44. The highest BCUT2D eigenvalue weighted by Crippen LogP contribution is 2.38. The molecule has 18 heavy (non-hydrogen) atoms. The third-order valence-corrected chi connectivity index (χ3v) is 3.78. The van der Waals surface area contributed by atoms with E-state index in [2.05, 4.69) is 0 Å². The highest BCUT2D eigenvalue weighted by atomic mass is 16.5. The molecule has 0 radical (unpaired) electrons. The molecule has 1 aromatic rings. The Bertz CT molecular complexity index is 418. The van der Waals surface area contributed by atoms with E-state index in [-0.39, 0.29) is 17.3 Å². The number of phenolic OH excluding ortho intramolecular Hbond substituents is 1. The van der Waals surface area contributed by atoms with Gasteiger partial charge in [0.05, 0.1) is 12.0 Å². The fourth-order valence-corrected chi connectivity index (χ4v) is 2.24. The van der Waals surface area contributed by atoms with Crippen LogP contribution < -0.4 is 4.90 Å². The van der Waals surface area contributed by atoms with E-state index in [4.69, 9.17) is 4.74 Å². The van der Waals surface area contributed by atoms with Gasteiger partial charge in [-0.3, -0.25) is 4.79 Å². The van der Waals surface area contributed by atoms with Crippen molar-refractivity contribution in [2.75, 3.05) is 19.1 Å². The van der Waals surface area contributed by atoms with Gasteiger partial charge in [-0.2, -0.15) is 0 Å². The fraction of sp³-hybridized carbons (Fsp3) is 0.500. The first-order valence-corrected chi connectivity index (χ1v) is 6.17. The van der Waals surface area contributed by atoms with Gasteiger partial charge in [-0.1, -0.05) is 0 Å². The van der Waals surface area contributed by atoms with E-state index in [0.29, 0.717) is 6.42 Å². The number of carbonyl (C=O) groups is 1. The Morgan fingerprint density at radius 2 is 2.00 bits per heavy atom. The van der Waals surface area contributed by atoms with Crippen LogP contribution in [0.3, 0.4) is 0 Å². The normalized spacial score (nSPS) is 17.0. The van der Waals surface area contributed by atoms with Gasteiger partial charge in [-0.05, 0) is 43.5 Å². The number of ether oxygens (including phenoxy) is 1. The molecule has 1 aliphatic carbocycles. The van der Waals surface area contributed by atoms with Crippen molar-refractivity contribution in [1.82, 2.24) is 0 Å². The van der Waals surface area contributed by atoms with Crippen molar-refractivity contribution in [3.63, 3.8) is 0 Å². The number of hydrogen-bond donors (Lipinski definition) is 1. The summed E-state index contributed by atoms with van der Waals surface area (Å²) in [5.41, 5.74) is 0.533. The molecule has 0 heterocycles. The molecule has 98 valence electrons. The molecule has 4 heteroatoms. The van der Waals surface area contributed by atoms with Crippen LogP contribution in [0.25, 0.3) is 0 Å². The number of carbonyl (C=O) groups excluding carboxylic acids is 1. The maximum Gasteiger partial charge on any atom is 0.229 e. The zero-order valence-corrected chi connectivity index (χ0v) is 10.8. The van der Waals surface area contributed by atoms with Gasteiger partial charge in [-0.25, -0.2) is 0 Å². The van der Waals surface area contributed by atoms with E-state index in [0.717, 1.165) is 24.9 Å². The summed E-state index contributed by atoms with van der Waals surface area (Å²) >= 11 is 0. The van der Waals surface area contributed by atoms with Gasteiger partial charge in [0, 0.05) is 19.8 Å². The Balaban J connectivity index is 2.02. The zero-order chi connectivity index (χ0) is 13.2. The van der Waals surface area contributed by atoms with Gasteiger partial charge in [0.15, 0.2) is 0 Å². The summed E-state index contributed by atoms with van der Waals surface area (Å²) in [6.07, 6.45) is 3.46. The van der Waals surface area contributed by atoms with Gasteiger partial charge in [0.25, 0.3) is 0 Å². The van der Waals surface area contributed by atoms with Crippen molar-refractivity contribution in [2.45, 2.75) is 31.3 Å². The molecule has 1 amide bonds. The van der Waals surface area contributed by atoms with Crippen LogP contribution in [-0.4, -0.2) is 30.8 Å². The molecule has 0 spiro atoms. The minimum atomic E-state index is -0.248. The molecule has 0 bridgehead atoms. The number of amides is 1. The molecular formula is C14H19NO3. The maximum atomic E-state index is 12.2. The molecule has 1 aromatic carbocycles. The lowest BCUT2D eigenvalue weighted by atomic mass is 9.77. The number of nitrogens with zero attached hydrogens (tertiary/aromatic N) is 1. The van der Waals surface area contributed by atoms with Gasteiger partial charge in [0.1, 0.15) is 5.75 Å². The largest absolute Gasteiger partial charge is 0.508 e. The Morgan fingerprint density at radius 3 is 2.44 bits per heavy atom. The van der Waals surface area contributed by atoms with Gasteiger partial charge in [-0.15, -0.1) is 0 Å². The van der Waals surface area contributed by atoms with Gasteiger partial charge in [0.2, 0.25) is 5.91 Å². The highest BCUT2D eigenvalue weighted by molar-refractivity contribution is 5.93. The van der Waals surface area contributed by atoms with E-state index >= 15 is 0 Å². The Hall–Kier alpha value is -1.55. The summed E-state index contributed by atoms with van der Waals surface area (Å²) < 4.78 is 5.46. The minimum absolute atomic E-state index is 0.0437. The number of phenols is 1. The number of benzene rings is 1. The predicted octanol–water partition coefficient (Wildman–Crippen LogP) is 2.31. The summed E-state index contributed by atoms with van der Waals surface area (Å²) in [4.78, 5) is 13.8. The highest BCUT2D eigenvalue weighted by Gasteiger charge is 2.39. The topological polar surface area (TPSA) is 49.8 Å². The molecule has 2 rings (SSSR count). The van der Waals surface area contributed by atoms with Crippen molar-refractivity contribution < 1.29 is 14.6 Å². The van der Waals surface area contributed by atoms with Crippen LogP contribution in [0.15, 0.2) is 24.3 Å². The standard InChI is InChI=1S/C14H19NO3/c1-15(11-4-6-12(16)7-5-11)13(17)10-14(18-2)8-3-9-14/h4-7,16H,3,8-10H2,1-2H3. The molecule has 0 unspecified atom stereocenters. The van der Waals surface area contributed by atoms with E-state index in [1.54, 1.807) is 43.3 Å². The minimum Gasteiger partial charge on any atom is -0.508 e. The number of anilines is 1. The quantitative estimate of drug-likeness (QED) is 0.890. The summed E-state index contributed by atoms with van der Waals surface area (Å²) in [6.45, 7) is 0. The molecular weight excluding hydrogens is 230 g/mol. The Labute approximate surface area is 107 Å². The summed E-state index contributed by atoms with van der Waals surface area (Å²) in [6, 6.07) is 6.62. The molecule has 0 saturated heterocycles. The molecule has 1 fully saturated rings. The van der Waals surface area contributed by atoms with E-state index in [1.807, 2.05) is 0 Å². The van der Waals surface area contributed by atoms with Crippen LogP contribution >= 0.6 is 0 Å². The van der Waals surface area contributed by atoms with Crippen LogP contribution in [0.1, 0.15) is 25.7 Å². The van der Waals surface area contributed by atoms with Crippen LogP contribution in [-0.2, 0) is 9.53 Å². The average Bonchev–Trinajstić information content (AvgIpc) is 2.33. The van der Waals surface area contributed by atoms with Crippen LogP contribution in [0.4, 0.5) is 5.69 Å².